The highest BCUT2D eigenvalue weighted by Gasteiger charge is 1.86. The van der Waals surface area contributed by atoms with Crippen molar-refractivity contribution in [1.29, 1.82) is 0 Å². The summed E-state index contributed by atoms with van der Waals surface area (Å²) in [6.45, 7) is 0. The molecule has 0 fully saturated rings. The maximum Gasteiger partial charge on any atom is 0.0226 e. The molecule has 0 rings (SSSR count). The summed E-state index contributed by atoms with van der Waals surface area (Å²) in [5.41, 5.74) is 0. The zero-order chi connectivity index (χ0) is 6.95. The molecule has 0 aromatic heterocycles. The van der Waals surface area contributed by atoms with Crippen LogP contribution in [0.4, 0.5) is 0 Å². The fraction of sp³-hybridized carbons (Fsp3) is 1.00. The smallest absolute Gasteiger partial charge is 0.0226 e. The first-order chi connectivity index (χ1) is 4.41. The average Bonchev–Trinajstić information content (AvgIpc) is 1.89. The lowest BCUT2D eigenvalue weighted by atomic mass is 10.6. The van der Waals surface area contributed by atoms with Crippen molar-refractivity contribution in [2.75, 3.05) is 24.1 Å². The summed E-state index contributed by atoms with van der Waals surface area (Å²) in [6.07, 6.45) is 4.92. The molecular formula is C6H13Cl2P. The van der Waals surface area contributed by atoms with E-state index in [9.17, 15) is 0 Å². The molecule has 0 atom stereocenters. The summed E-state index contributed by atoms with van der Waals surface area (Å²) in [7, 11) is 1.08. The van der Waals surface area contributed by atoms with Crippen molar-refractivity contribution >= 4 is 31.8 Å². The van der Waals surface area contributed by atoms with Crippen molar-refractivity contribution in [2.45, 2.75) is 12.8 Å². The largest absolute Gasteiger partial charge is 0.127 e. The number of rotatable bonds is 6. The second-order valence-electron chi connectivity index (χ2n) is 1.84. The lowest BCUT2D eigenvalue weighted by molar-refractivity contribution is 1.07. The van der Waals surface area contributed by atoms with Crippen LogP contribution < -0.4 is 0 Å². The minimum absolute atomic E-state index is 0.813. The monoisotopic (exact) mass is 186 g/mol. The van der Waals surface area contributed by atoms with E-state index in [0.29, 0.717) is 0 Å². The normalized spacial score (nSPS) is 10.0. The molecule has 0 N–H and O–H groups in total. The Kier molecular flexibility index (Phi) is 10.0. The third kappa shape index (κ3) is 9.01. The van der Waals surface area contributed by atoms with Crippen LogP contribution in [0.2, 0.25) is 0 Å². The summed E-state index contributed by atoms with van der Waals surface area (Å²) < 4.78 is 0. The molecule has 0 heterocycles. The molecule has 0 saturated carbocycles. The summed E-state index contributed by atoms with van der Waals surface area (Å²) in [5.74, 6) is 1.63. The molecule has 0 aliphatic heterocycles. The summed E-state index contributed by atoms with van der Waals surface area (Å²) in [5, 5.41) is 0. The quantitative estimate of drug-likeness (QED) is 0.340. The van der Waals surface area contributed by atoms with E-state index in [1.807, 2.05) is 0 Å². The van der Waals surface area contributed by atoms with Gasteiger partial charge in [0.05, 0.1) is 0 Å². The van der Waals surface area contributed by atoms with Gasteiger partial charge in [0, 0.05) is 11.8 Å². The molecule has 0 saturated heterocycles. The van der Waals surface area contributed by atoms with Gasteiger partial charge in [0.25, 0.3) is 0 Å². The van der Waals surface area contributed by atoms with Gasteiger partial charge in [-0.1, -0.05) is 0 Å². The molecule has 0 radical (unpaired) electrons. The highest BCUT2D eigenvalue weighted by atomic mass is 35.5. The molecule has 0 amide bonds. The van der Waals surface area contributed by atoms with Crippen molar-refractivity contribution < 1.29 is 0 Å². The fourth-order valence-corrected chi connectivity index (χ4v) is 2.33. The lowest BCUT2D eigenvalue weighted by Crippen LogP contribution is -1.82. The van der Waals surface area contributed by atoms with Crippen molar-refractivity contribution in [2.24, 2.45) is 0 Å². The van der Waals surface area contributed by atoms with Crippen molar-refractivity contribution in [3.8, 4) is 0 Å². The van der Waals surface area contributed by atoms with Crippen LogP contribution in [-0.4, -0.2) is 24.1 Å². The predicted octanol–water partition coefficient (Wildman–Crippen LogP) is 2.92. The Labute approximate surface area is 69.1 Å². The van der Waals surface area contributed by atoms with Gasteiger partial charge in [0.15, 0.2) is 0 Å². The molecule has 0 spiro atoms. The van der Waals surface area contributed by atoms with Gasteiger partial charge in [-0.15, -0.1) is 31.8 Å². The van der Waals surface area contributed by atoms with Gasteiger partial charge >= 0.3 is 0 Å². The Morgan fingerprint density at radius 2 is 1.33 bits per heavy atom. The number of alkyl halides is 2. The molecule has 3 heteroatoms. The van der Waals surface area contributed by atoms with E-state index < -0.39 is 0 Å². The predicted molar refractivity (Wildman–Crippen MR) is 48.7 cm³/mol. The summed E-state index contributed by atoms with van der Waals surface area (Å²) >= 11 is 11.0. The second kappa shape index (κ2) is 9.01. The molecule has 0 aromatic rings. The van der Waals surface area contributed by atoms with E-state index in [2.05, 4.69) is 0 Å². The fourth-order valence-electron chi connectivity index (χ4n) is 0.509. The SMILES string of the molecule is ClCCCPCCCCl. The van der Waals surface area contributed by atoms with E-state index in [0.717, 1.165) is 20.3 Å². The summed E-state index contributed by atoms with van der Waals surface area (Å²) in [4.78, 5) is 0. The molecule has 0 aliphatic rings. The molecule has 0 aliphatic carbocycles. The van der Waals surface area contributed by atoms with E-state index in [-0.39, 0.29) is 0 Å². The molecule has 56 valence electrons. The maximum absolute atomic E-state index is 5.49. The van der Waals surface area contributed by atoms with Crippen LogP contribution >= 0.6 is 31.8 Å². The molecule has 0 bridgehead atoms. The Bertz CT molecular complexity index is 44.3. The van der Waals surface area contributed by atoms with Crippen LogP contribution in [0.15, 0.2) is 0 Å². The van der Waals surface area contributed by atoms with Gasteiger partial charge in [0.2, 0.25) is 0 Å². The Balaban J connectivity index is 2.60. The number of hydrogen-bond acceptors (Lipinski definition) is 0. The second-order valence-corrected chi connectivity index (χ2v) is 4.09. The van der Waals surface area contributed by atoms with Crippen LogP contribution in [0.3, 0.4) is 0 Å². The van der Waals surface area contributed by atoms with Crippen molar-refractivity contribution in [3.63, 3.8) is 0 Å². The average molecular weight is 187 g/mol. The highest BCUT2D eigenvalue weighted by Crippen LogP contribution is 2.12. The Morgan fingerprint density at radius 1 is 0.889 bits per heavy atom. The number of halogens is 2. The van der Waals surface area contributed by atoms with E-state index in [4.69, 9.17) is 23.2 Å². The standard InChI is InChI=1S/C6H13Cl2P/c7-3-1-5-9-6-2-4-8/h9H,1-6H2. The van der Waals surface area contributed by atoms with Crippen LogP contribution in [-0.2, 0) is 0 Å². The van der Waals surface area contributed by atoms with Gasteiger partial charge < -0.3 is 0 Å². The third-order valence-corrected chi connectivity index (χ3v) is 2.92. The molecular weight excluding hydrogens is 174 g/mol. The zero-order valence-corrected chi connectivity index (χ0v) is 8.01. The Morgan fingerprint density at radius 3 is 1.67 bits per heavy atom. The first-order valence-corrected chi connectivity index (χ1v) is 5.72. The van der Waals surface area contributed by atoms with E-state index >= 15 is 0 Å². The molecule has 0 unspecified atom stereocenters. The van der Waals surface area contributed by atoms with Crippen LogP contribution in [0.1, 0.15) is 12.8 Å². The summed E-state index contributed by atoms with van der Waals surface area (Å²) in [6, 6.07) is 0. The van der Waals surface area contributed by atoms with Gasteiger partial charge in [0.1, 0.15) is 0 Å². The highest BCUT2D eigenvalue weighted by molar-refractivity contribution is 7.37. The Hall–Kier alpha value is 1.01. The minimum Gasteiger partial charge on any atom is -0.127 e. The topological polar surface area (TPSA) is 0 Å². The first-order valence-electron chi connectivity index (χ1n) is 3.24. The molecule has 0 aromatic carbocycles. The lowest BCUT2D eigenvalue weighted by Gasteiger charge is -1.95. The number of hydrogen-bond donors (Lipinski definition) is 0. The first kappa shape index (κ1) is 10.0. The zero-order valence-electron chi connectivity index (χ0n) is 5.50. The molecule has 9 heavy (non-hydrogen) atoms. The van der Waals surface area contributed by atoms with Crippen LogP contribution in [0, 0.1) is 0 Å². The van der Waals surface area contributed by atoms with Gasteiger partial charge in [-0.05, 0) is 25.2 Å². The van der Waals surface area contributed by atoms with Gasteiger partial charge in [-0.3, -0.25) is 0 Å². The van der Waals surface area contributed by atoms with Crippen LogP contribution in [0.5, 0.6) is 0 Å². The van der Waals surface area contributed by atoms with Gasteiger partial charge in [-0.2, -0.15) is 0 Å². The third-order valence-electron chi connectivity index (χ3n) is 0.974. The maximum atomic E-state index is 5.49. The van der Waals surface area contributed by atoms with Crippen molar-refractivity contribution in [3.05, 3.63) is 0 Å². The molecule has 0 nitrogen and oxygen atoms in total. The van der Waals surface area contributed by atoms with Gasteiger partial charge in [-0.25, -0.2) is 0 Å². The minimum atomic E-state index is 0.813. The van der Waals surface area contributed by atoms with E-state index in [1.165, 1.54) is 25.2 Å². The van der Waals surface area contributed by atoms with Crippen molar-refractivity contribution in [1.82, 2.24) is 0 Å². The van der Waals surface area contributed by atoms with Crippen LogP contribution in [0.25, 0.3) is 0 Å². The van der Waals surface area contributed by atoms with E-state index in [1.54, 1.807) is 0 Å².